The molecule has 0 spiro atoms. The zero-order chi connectivity index (χ0) is 18.7. The topological polar surface area (TPSA) is 69.6 Å². The molecule has 1 amide bonds. The van der Waals surface area contributed by atoms with E-state index in [2.05, 4.69) is 17.1 Å². The summed E-state index contributed by atoms with van der Waals surface area (Å²) in [6.45, 7) is 3.99. The third-order valence-electron chi connectivity index (χ3n) is 4.70. The molecule has 26 heavy (non-hydrogen) atoms. The van der Waals surface area contributed by atoms with E-state index in [1.54, 1.807) is 36.4 Å². The van der Waals surface area contributed by atoms with Crippen molar-refractivity contribution in [1.29, 1.82) is 0 Å². The highest BCUT2D eigenvalue weighted by Crippen LogP contribution is 2.31. The molecule has 1 saturated heterocycles. The van der Waals surface area contributed by atoms with E-state index >= 15 is 0 Å². The van der Waals surface area contributed by atoms with Crippen LogP contribution in [0.4, 0.5) is 11.4 Å². The van der Waals surface area contributed by atoms with Crippen molar-refractivity contribution in [3.63, 3.8) is 0 Å². The Hall–Kier alpha value is -2.53. The number of carbonyl (C=O) groups excluding carboxylic acids is 1. The number of hydrogen-bond donors (Lipinski definition) is 2. The highest BCUT2D eigenvalue weighted by Gasteiger charge is 2.20. The molecule has 1 aliphatic rings. The Morgan fingerprint density at radius 1 is 1.12 bits per heavy atom. The Morgan fingerprint density at radius 2 is 1.85 bits per heavy atom. The van der Waals surface area contributed by atoms with Crippen LogP contribution in [0.5, 0.6) is 0 Å². The molecule has 6 heteroatoms. The van der Waals surface area contributed by atoms with Crippen molar-refractivity contribution in [3.8, 4) is 0 Å². The van der Waals surface area contributed by atoms with Gasteiger partial charge in [-0.2, -0.15) is 0 Å². The number of nitrogens with one attached hydrogen (secondary N) is 1. The summed E-state index contributed by atoms with van der Waals surface area (Å²) in [7, 11) is 0. The van der Waals surface area contributed by atoms with Gasteiger partial charge in [-0.25, -0.2) is 4.79 Å². The Kier molecular flexibility index (Phi) is 5.47. The number of amides is 1. The average molecular weight is 373 g/mol. The highest BCUT2D eigenvalue weighted by atomic mass is 35.5. The molecule has 0 aliphatic carbocycles. The molecular weight excluding hydrogens is 352 g/mol. The van der Waals surface area contributed by atoms with Crippen LogP contribution in [0.15, 0.2) is 42.5 Å². The molecule has 0 aromatic heterocycles. The molecule has 3 rings (SSSR count). The van der Waals surface area contributed by atoms with Gasteiger partial charge >= 0.3 is 5.97 Å². The molecule has 0 saturated carbocycles. The van der Waals surface area contributed by atoms with Crippen molar-refractivity contribution in [3.05, 3.63) is 58.6 Å². The minimum absolute atomic E-state index is 0.139. The number of carboxylic acid groups (broad SMARTS) is 1. The molecule has 136 valence electrons. The standard InChI is InChI=1S/C20H21ClN2O3/c1-13-7-9-23(10-8-13)18-6-5-15(20(25)26)12-17(18)22-19(24)14-3-2-4-16(21)11-14/h2-6,11-13H,7-10H2,1H3,(H,22,24)(H,25,26). The summed E-state index contributed by atoms with van der Waals surface area (Å²) in [6.07, 6.45) is 2.14. The number of piperidine rings is 1. The zero-order valence-corrected chi connectivity index (χ0v) is 15.3. The number of carboxylic acids is 1. The average Bonchev–Trinajstić information content (AvgIpc) is 2.62. The van der Waals surface area contributed by atoms with E-state index < -0.39 is 5.97 Å². The fourth-order valence-corrected chi connectivity index (χ4v) is 3.31. The maximum atomic E-state index is 12.6. The van der Waals surface area contributed by atoms with Crippen molar-refractivity contribution < 1.29 is 14.7 Å². The van der Waals surface area contributed by atoms with Crippen LogP contribution in [-0.2, 0) is 0 Å². The second-order valence-electron chi connectivity index (χ2n) is 6.67. The van der Waals surface area contributed by atoms with Gasteiger partial charge in [-0.15, -0.1) is 0 Å². The quantitative estimate of drug-likeness (QED) is 0.827. The predicted molar refractivity (Wildman–Crippen MR) is 103 cm³/mol. The van der Waals surface area contributed by atoms with E-state index in [9.17, 15) is 14.7 Å². The Balaban J connectivity index is 1.91. The highest BCUT2D eigenvalue weighted by molar-refractivity contribution is 6.31. The third-order valence-corrected chi connectivity index (χ3v) is 4.94. The van der Waals surface area contributed by atoms with Gasteiger partial charge in [-0.1, -0.05) is 24.6 Å². The van der Waals surface area contributed by atoms with Crippen molar-refractivity contribution in [2.24, 2.45) is 5.92 Å². The summed E-state index contributed by atoms with van der Waals surface area (Å²) in [5.41, 5.74) is 1.92. The Labute approximate surface area is 157 Å². The summed E-state index contributed by atoms with van der Waals surface area (Å²) in [6, 6.07) is 11.5. The van der Waals surface area contributed by atoms with Gasteiger partial charge in [0, 0.05) is 23.7 Å². The van der Waals surface area contributed by atoms with Crippen LogP contribution >= 0.6 is 11.6 Å². The first-order valence-corrected chi connectivity index (χ1v) is 9.01. The lowest BCUT2D eigenvalue weighted by atomic mass is 9.98. The second kappa shape index (κ2) is 7.79. The predicted octanol–water partition coefficient (Wildman–Crippen LogP) is 4.53. The van der Waals surface area contributed by atoms with Crippen LogP contribution in [0.3, 0.4) is 0 Å². The molecule has 0 radical (unpaired) electrons. The van der Waals surface area contributed by atoms with Gasteiger partial charge in [0.15, 0.2) is 0 Å². The molecule has 1 heterocycles. The zero-order valence-electron chi connectivity index (χ0n) is 14.5. The number of rotatable bonds is 4. The third kappa shape index (κ3) is 4.17. The SMILES string of the molecule is CC1CCN(c2ccc(C(=O)O)cc2NC(=O)c2cccc(Cl)c2)CC1. The minimum Gasteiger partial charge on any atom is -0.478 e. The first-order valence-electron chi connectivity index (χ1n) is 8.63. The smallest absolute Gasteiger partial charge is 0.335 e. The first-order chi connectivity index (χ1) is 12.4. The van der Waals surface area contributed by atoms with Gasteiger partial charge in [-0.3, -0.25) is 4.79 Å². The lowest BCUT2D eigenvalue weighted by Crippen LogP contribution is -2.33. The molecule has 2 aromatic rings. The summed E-state index contributed by atoms with van der Waals surface area (Å²) < 4.78 is 0. The summed E-state index contributed by atoms with van der Waals surface area (Å²) in [4.78, 5) is 26.1. The van der Waals surface area contributed by atoms with Crippen LogP contribution in [0.25, 0.3) is 0 Å². The molecule has 2 N–H and O–H groups in total. The van der Waals surface area contributed by atoms with Crippen LogP contribution < -0.4 is 10.2 Å². The van der Waals surface area contributed by atoms with Gasteiger partial charge in [0.1, 0.15) is 0 Å². The van der Waals surface area contributed by atoms with Crippen molar-refractivity contribution in [2.75, 3.05) is 23.3 Å². The number of carbonyl (C=O) groups is 2. The fraction of sp³-hybridized carbons (Fsp3) is 0.300. The Morgan fingerprint density at radius 3 is 2.50 bits per heavy atom. The second-order valence-corrected chi connectivity index (χ2v) is 7.11. The summed E-state index contributed by atoms with van der Waals surface area (Å²) in [5.74, 6) is -0.669. The molecule has 0 bridgehead atoms. The maximum Gasteiger partial charge on any atom is 0.335 e. The van der Waals surface area contributed by atoms with Crippen molar-refractivity contribution in [1.82, 2.24) is 0 Å². The lowest BCUT2D eigenvalue weighted by molar-refractivity contribution is 0.0696. The van der Waals surface area contributed by atoms with E-state index in [0.29, 0.717) is 22.2 Å². The molecule has 0 atom stereocenters. The summed E-state index contributed by atoms with van der Waals surface area (Å²) >= 11 is 5.96. The number of anilines is 2. The van der Waals surface area contributed by atoms with Gasteiger partial charge in [0.05, 0.1) is 16.9 Å². The number of hydrogen-bond acceptors (Lipinski definition) is 3. The van der Waals surface area contributed by atoms with Crippen LogP contribution in [0, 0.1) is 5.92 Å². The van der Waals surface area contributed by atoms with E-state index in [1.807, 2.05) is 0 Å². The van der Waals surface area contributed by atoms with Crippen LogP contribution in [-0.4, -0.2) is 30.1 Å². The number of halogens is 1. The van der Waals surface area contributed by atoms with Crippen molar-refractivity contribution in [2.45, 2.75) is 19.8 Å². The van der Waals surface area contributed by atoms with Crippen LogP contribution in [0.1, 0.15) is 40.5 Å². The maximum absolute atomic E-state index is 12.6. The van der Waals surface area contributed by atoms with E-state index in [4.69, 9.17) is 11.6 Å². The number of aromatic carboxylic acids is 1. The van der Waals surface area contributed by atoms with Crippen LogP contribution in [0.2, 0.25) is 5.02 Å². The van der Waals surface area contributed by atoms with E-state index in [0.717, 1.165) is 31.6 Å². The largest absolute Gasteiger partial charge is 0.478 e. The van der Waals surface area contributed by atoms with Gasteiger partial charge < -0.3 is 15.3 Å². The van der Waals surface area contributed by atoms with E-state index in [-0.39, 0.29) is 11.5 Å². The number of nitrogens with zero attached hydrogens (tertiary/aromatic N) is 1. The normalized spacial score (nSPS) is 14.9. The number of benzene rings is 2. The Bertz CT molecular complexity index is 830. The van der Waals surface area contributed by atoms with Gasteiger partial charge in [0.25, 0.3) is 5.91 Å². The first kappa shape index (κ1) is 18.3. The molecule has 0 unspecified atom stereocenters. The molecule has 1 aliphatic heterocycles. The summed E-state index contributed by atoms with van der Waals surface area (Å²) in [5, 5.41) is 12.6. The molecule has 2 aromatic carbocycles. The fourth-order valence-electron chi connectivity index (χ4n) is 3.12. The van der Waals surface area contributed by atoms with Crippen molar-refractivity contribution >= 4 is 34.9 Å². The van der Waals surface area contributed by atoms with Gasteiger partial charge in [-0.05, 0) is 55.2 Å². The molecular formula is C20H21ClN2O3. The van der Waals surface area contributed by atoms with E-state index in [1.165, 1.54) is 6.07 Å². The monoisotopic (exact) mass is 372 g/mol. The molecule has 5 nitrogen and oxygen atoms in total. The molecule has 1 fully saturated rings. The van der Waals surface area contributed by atoms with Gasteiger partial charge in [0.2, 0.25) is 0 Å². The lowest BCUT2D eigenvalue weighted by Gasteiger charge is -2.33. The minimum atomic E-state index is -1.03.